The molecule has 1 aliphatic rings. The molecular weight excluding hydrogens is 306 g/mol. The van der Waals surface area contributed by atoms with Gasteiger partial charge in [0.1, 0.15) is 11.4 Å². The third kappa shape index (κ3) is 3.48. The van der Waals surface area contributed by atoms with Crippen molar-refractivity contribution in [2.45, 2.75) is 38.5 Å². The highest BCUT2D eigenvalue weighted by Gasteiger charge is 2.35. The molecule has 0 unspecified atom stereocenters. The molecule has 0 bridgehead atoms. The van der Waals surface area contributed by atoms with Gasteiger partial charge in [-0.3, -0.25) is 4.79 Å². The lowest BCUT2D eigenvalue weighted by molar-refractivity contribution is -0.121. The third-order valence-corrected chi connectivity index (χ3v) is 4.86. The number of carbonyl (C=O) groups excluding carboxylic acids is 1. The number of carbonyl (C=O) groups is 1. The van der Waals surface area contributed by atoms with E-state index in [1.54, 1.807) is 6.92 Å². The van der Waals surface area contributed by atoms with E-state index in [4.69, 9.17) is 4.74 Å². The van der Waals surface area contributed by atoms with Crippen molar-refractivity contribution in [1.82, 2.24) is 15.6 Å². The molecule has 128 valence electrons. The molecule has 2 heterocycles. The summed E-state index contributed by atoms with van der Waals surface area (Å²) < 4.78 is 10.2. The quantitative estimate of drug-likeness (QED) is 0.909. The zero-order valence-electron chi connectivity index (χ0n) is 14.2. The first-order valence-electron chi connectivity index (χ1n) is 8.29. The van der Waals surface area contributed by atoms with Gasteiger partial charge in [0.05, 0.1) is 6.42 Å². The number of nitrogens with one attached hydrogen (secondary N) is 1. The average Bonchev–Trinajstić information content (AvgIpc) is 2.99. The van der Waals surface area contributed by atoms with Gasteiger partial charge in [-0.15, -0.1) is 0 Å². The second-order valence-electron chi connectivity index (χ2n) is 6.46. The summed E-state index contributed by atoms with van der Waals surface area (Å²) in [4.78, 5) is 12.3. The Labute approximate surface area is 141 Å². The first-order valence-corrected chi connectivity index (χ1v) is 8.29. The number of amides is 1. The minimum atomic E-state index is -0.0730. The monoisotopic (exact) mass is 329 g/mol. The molecule has 24 heavy (non-hydrogen) atoms. The first-order chi connectivity index (χ1) is 11.6. The number of aryl methyl sites for hydroxylation is 2. The molecule has 6 nitrogen and oxygen atoms in total. The van der Waals surface area contributed by atoms with Crippen LogP contribution in [0.3, 0.4) is 0 Å². The van der Waals surface area contributed by atoms with E-state index in [1.165, 1.54) is 11.1 Å². The summed E-state index contributed by atoms with van der Waals surface area (Å²) in [6.07, 6.45) is 2.00. The molecule has 1 amide bonds. The molecule has 1 aromatic carbocycles. The molecule has 1 aliphatic heterocycles. The second-order valence-corrected chi connectivity index (χ2v) is 6.46. The van der Waals surface area contributed by atoms with Crippen LogP contribution in [0.4, 0.5) is 0 Å². The maximum atomic E-state index is 12.3. The van der Waals surface area contributed by atoms with Crippen LogP contribution in [0.25, 0.3) is 0 Å². The van der Waals surface area contributed by atoms with Crippen molar-refractivity contribution < 1.29 is 14.2 Å². The standard InChI is InChI=1S/C18H23N3O3/c1-13-5-3-4-6-15(13)18(7-9-23-10-8-18)12-19-17(22)11-16-14(2)20-24-21-16/h3-6H,7-12H2,1-2H3,(H,19,22). The minimum Gasteiger partial charge on any atom is -0.381 e. The highest BCUT2D eigenvalue weighted by molar-refractivity contribution is 5.78. The maximum Gasteiger partial charge on any atom is 0.226 e. The summed E-state index contributed by atoms with van der Waals surface area (Å²) >= 11 is 0. The van der Waals surface area contributed by atoms with E-state index in [2.05, 4.69) is 45.4 Å². The Balaban J connectivity index is 1.72. The van der Waals surface area contributed by atoms with Crippen molar-refractivity contribution in [2.24, 2.45) is 0 Å². The smallest absolute Gasteiger partial charge is 0.226 e. The summed E-state index contributed by atoms with van der Waals surface area (Å²) in [5, 5.41) is 10.6. The fraction of sp³-hybridized carbons (Fsp3) is 0.500. The molecule has 2 aromatic rings. The fourth-order valence-electron chi connectivity index (χ4n) is 3.36. The zero-order valence-corrected chi connectivity index (χ0v) is 14.2. The van der Waals surface area contributed by atoms with Crippen molar-refractivity contribution >= 4 is 5.91 Å². The van der Waals surface area contributed by atoms with Gasteiger partial charge in [-0.1, -0.05) is 34.6 Å². The minimum absolute atomic E-state index is 0.0618. The first kappa shape index (κ1) is 16.6. The highest BCUT2D eigenvalue weighted by atomic mass is 16.6. The van der Waals surface area contributed by atoms with Gasteiger partial charge in [-0.05, 0) is 37.8 Å². The van der Waals surface area contributed by atoms with Gasteiger partial charge in [-0.2, -0.15) is 0 Å². The summed E-state index contributed by atoms with van der Waals surface area (Å²) in [6.45, 7) is 5.95. The van der Waals surface area contributed by atoms with E-state index >= 15 is 0 Å². The van der Waals surface area contributed by atoms with Gasteiger partial charge in [0.25, 0.3) is 0 Å². The predicted molar refractivity (Wildman–Crippen MR) is 88.7 cm³/mol. The van der Waals surface area contributed by atoms with Crippen molar-refractivity contribution in [3.05, 3.63) is 46.8 Å². The number of rotatable bonds is 5. The summed E-state index contributed by atoms with van der Waals surface area (Å²) in [5.41, 5.74) is 3.73. The van der Waals surface area contributed by atoms with Crippen LogP contribution < -0.4 is 5.32 Å². The van der Waals surface area contributed by atoms with Crippen LogP contribution >= 0.6 is 0 Å². The summed E-state index contributed by atoms with van der Waals surface area (Å²) in [7, 11) is 0. The Kier molecular flexibility index (Phi) is 4.94. The molecule has 1 aromatic heterocycles. The van der Waals surface area contributed by atoms with Crippen LogP contribution in [0.2, 0.25) is 0 Å². The molecule has 0 saturated carbocycles. The Morgan fingerprint density at radius 3 is 2.62 bits per heavy atom. The number of ether oxygens (including phenoxy) is 1. The molecule has 6 heteroatoms. The van der Waals surface area contributed by atoms with Gasteiger partial charge >= 0.3 is 0 Å². The number of hydrogen-bond donors (Lipinski definition) is 1. The van der Waals surface area contributed by atoms with Crippen molar-refractivity contribution in [2.75, 3.05) is 19.8 Å². The third-order valence-electron chi connectivity index (χ3n) is 4.86. The Morgan fingerprint density at radius 1 is 1.21 bits per heavy atom. The Morgan fingerprint density at radius 2 is 1.96 bits per heavy atom. The fourth-order valence-corrected chi connectivity index (χ4v) is 3.36. The molecule has 0 radical (unpaired) electrons. The van der Waals surface area contributed by atoms with Crippen molar-refractivity contribution in [3.63, 3.8) is 0 Å². The van der Waals surface area contributed by atoms with E-state index in [1.807, 2.05) is 6.07 Å². The molecule has 1 N–H and O–H groups in total. The molecule has 1 fully saturated rings. The van der Waals surface area contributed by atoms with Crippen molar-refractivity contribution in [1.29, 1.82) is 0 Å². The maximum absolute atomic E-state index is 12.3. The molecule has 1 saturated heterocycles. The molecule has 3 rings (SSSR count). The SMILES string of the molecule is Cc1ccccc1C1(CNC(=O)Cc2nonc2C)CCOCC1. The lowest BCUT2D eigenvalue weighted by Gasteiger charge is -2.39. The number of benzene rings is 1. The summed E-state index contributed by atoms with van der Waals surface area (Å²) in [5.74, 6) is -0.0618. The highest BCUT2D eigenvalue weighted by Crippen LogP contribution is 2.36. The Bertz CT molecular complexity index is 705. The van der Waals surface area contributed by atoms with Gasteiger partial charge in [0.2, 0.25) is 5.91 Å². The average molecular weight is 329 g/mol. The lowest BCUT2D eigenvalue weighted by atomic mass is 9.72. The van der Waals surface area contributed by atoms with E-state index < -0.39 is 0 Å². The van der Waals surface area contributed by atoms with Gasteiger partial charge < -0.3 is 10.1 Å². The zero-order chi connectivity index (χ0) is 17.0. The largest absolute Gasteiger partial charge is 0.381 e. The normalized spacial score (nSPS) is 16.8. The van der Waals surface area contributed by atoms with Crippen LogP contribution in [-0.4, -0.2) is 36.0 Å². The molecule has 0 aliphatic carbocycles. The van der Waals surface area contributed by atoms with Crippen LogP contribution in [-0.2, 0) is 21.4 Å². The topological polar surface area (TPSA) is 77.3 Å². The van der Waals surface area contributed by atoms with E-state index in [0.29, 0.717) is 17.9 Å². The number of hydrogen-bond acceptors (Lipinski definition) is 5. The number of aromatic nitrogens is 2. The second kappa shape index (κ2) is 7.13. The van der Waals surface area contributed by atoms with E-state index in [9.17, 15) is 4.79 Å². The lowest BCUT2D eigenvalue weighted by Crippen LogP contribution is -2.45. The van der Waals surface area contributed by atoms with Crippen LogP contribution in [0, 0.1) is 13.8 Å². The van der Waals surface area contributed by atoms with Gasteiger partial charge in [0.15, 0.2) is 0 Å². The van der Waals surface area contributed by atoms with E-state index in [-0.39, 0.29) is 17.7 Å². The van der Waals surface area contributed by atoms with E-state index in [0.717, 1.165) is 26.1 Å². The predicted octanol–water partition coefficient (Wildman–Crippen LogP) is 2.09. The van der Waals surface area contributed by atoms with Gasteiger partial charge in [-0.25, -0.2) is 4.63 Å². The number of nitrogens with zero attached hydrogens (tertiary/aromatic N) is 2. The van der Waals surface area contributed by atoms with Crippen molar-refractivity contribution in [3.8, 4) is 0 Å². The van der Waals surface area contributed by atoms with Gasteiger partial charge in [0, 0.05) is 25.2 Å². The van der Waals surface area contributed by atoms with Crippen LogP contribution in [0.15, 0.2) is 28.9 Å². The Hall–Kier alpha value is -2.21. The molecule has 0 spiro atoms. The molecule has 0 atom stereocenters. The summed E-state index contributed by atoms with van der Waals surface area (Å²) in [6, 6.07) is 8.40. The molecular formula is C18H23N3O3. The van der Waals surface area contributed by atoms with Crippen LogP contribution in [0.1, 0.15) is 35.4 Å². The van der Waals surface area contributed by atoms with Crippen LogP contribution in [0.5, 0.6) is 0 Å².